The van der Waals surface area contributed by atoms with E-state index in [0.717, 1.165) is 30.0 Å². The van der Waals surface area contributed by atoms with Gasteiger partial charge in [0, 0.05) is 36.6 Å². The van der Waals surface area contributed by atoms with Crippen LogP contribution in [0.3, 0.4) is 0 Å². The van der Waals surface area contributed by atoms with Gasteiger partial charge in [0.1, 0.15) is 6.61 Å². The summed E-state index contributed by atoms with van der Waals surface area (Å²) >= 11 is 0. The van der Waals surface area contributed by atoms with Gasteiger partial charge >= 0.3 is 5.97 Å². The van der Waals surface area contributed by atoms with Crippen molar-refractivity contribution in [2.24, 2.45) is 20.5 Å². The number of anilines is 2. The van der Waals surface area contributed by atoms with Crippen LogP contribution in [-0.4, -0.2) is 62.2 Å². The number of aliphatic hydroxyl groups is 2. The number of aliphatic hydroxyl groups excluding tert-OH is 2. The fraction of sp³-hybridized carbons (Fsp3) is 0.417. The van der Waals surface area contributed by atoms with E-state index in [1.54, 1.807) is 6.92 Å². The predicted molar refractivity (Wildman–Crippen MR) is 192 cm³/mol. The van der Waals surface area contributed by atoms with Crippen molar-refractivity contribution in [3.8, 4) is 0 Å². The van der Waals surface area contributed by atoms with Gasteiger partial charge < -0.3 is 24.7 Å². The highest BCUT2D eigenvalue weighted by molar-refractivity contribution is 5.86. The van der Waals surface area contributed by atoms with Gasteiger partial charge in [-0.05, 0) is 86.1 Å². The summed E-state index contributed by atoms with van der Waals surface area (Å²) in [5.41, 5.74) is 5.07. The van der Waals surface area contributed by atoms with Crippen molar-refractivity contribution in [2.45, 2.75) is 55.4 Å². The number of azo groups is 2. The quantitative estimate of drug-likeness (QED) is 0.0919. The van der Waals surface area contributed by atoms with Gasteiger partial charge in [0.2, 0.25) is 0 Å². The summed E-state index contributed by atoms with van der Waals surface area (Å²) in [7, 11) is 0. The lowest BCUT2D eigenvalue weighted by Crippen LogP contribution is -2.31. The van der Waals surface area contributed by atoms with E-state index in [9.17, 15) is 15.0 Å². The van der Waals surface area contributed by atoms with Crippen molar-refractivity contribution in [3.63, 3.8) is 0 Å². The minimum absolute atomic E-state index is 0. The van der Waals surface area contributed by atoms with E-state index in [0.29, 0.717) is 42.3 Å². The number of hydrogen-bond donors (Lipinski definition) is 2. The van der Waals surface area contributed by atoms with Crippen LogP contribution in [0.2, 0.25) is 0 Å². The summed E-state index contributed by atoms with van der Waals surface area (Å²) in [4.78, 5) is 15.7. The van der Waals surface area contributed by atoms with Crippen molar-refractivity contribution >= 4 is 40.1 Å². The van der Waals surface area contributed by atoms with E-state index < -0.39 is 5.97 Å². The SMILES string of the molecule is C.C=C(C)C(=O)OCCN(CCO)c1ccc(N=Nc2ccc(N=Nc3ccc(N(CCC)CCO)cc3)cc2)cc1.CC.CC. The van der Waals surface area contributed by atoms with E-state index in [4.69, 9.17) is 4.74 Å². The van der Waals surface area contributed by atoms with Crippen LogP contribution in [0, 0.1) is 0 Å². The average Bonchev–Trinajstić information content (AvgIpc) is 3.08. The molecule has 10 heteroatoms. The maximum atomic E-state index is 11.6. The summed E-state index contributed by atoms with van der Waals surface area (Å²) in [5.74, 6) is -0.430. The topological polar surface area (TPSA) is 123 Å². The Labute approximate surface area is 276 Å². The van der Waals surface area contributed by atoms with E-state index in [2.05, 4.69) is 38.9 Å². The minimum Gasteiger partial charge on any atom is -0.460 e. The van der Waals surface area contributed by atoms with Gasteiger partial charge in [-0.25, -0.2) is 4.79 Å². The smallest absolute Gasteiger partial charge is 0.333 e. The molecule has 0 aliphatic heterocycles. The third-order valence-corrected chi connectivity index (χ3v) is 6.02. The fourth-order valence-electron chi connectivity index (χ4n) is 3.90. The molecule has 10 nitrogen and oxygen atoms in total. The second-order valence-electron chi connectivity index (χ2n) is 9.29. The first-order valence-electron chi connectivity index (χ1n) is 15.6. The van der Waals surface area contributed by atoms with Crippen LogP contribution in [0.4, 0.5) is 34.1 Å². The molecule has 0 aliphatic carbocycles. The zero-order valence-corrected chi connectivity index (χ0v) is 27.7. The molecule has 0 unspecified atom stereocenters. The molecule has 0 amide bonds. The molecule has 0 atom stereocenters. The third-order valence-electron chi connectivity index (χ3n) is 6.02. The first-order valence-corrected chi connectivity index (χ1v) is 15.6. The highest BCUT2D eigenvalue weighted by Crippen LogP contribution is 2.26. The molecule has 3 aromatic rings. The maximum absolute atomic E-state index is 11.6. The number of rotatable bonds is 16. The molecule has 252 valence electrons. The molecular formula is C36H54N6O4. The van der Waals surface area contributed by atoms with Crippen LogP contribution in [-0.2, 0) is 9.53 Å². The van der Waals surface area contributed by atoms with Gasteiger partial charge in [-0.1, -0.05) is 48.6 Å². The van der Waals surface area contributed by atoms with Crippen LogP contribution in [0.5, 0.6) is 0 Å². The molecule has 0 heterocycles. The Morgan fingerprint density at radius 3 is 1.28 bits per heavy atom. The van der Waals surface area contributed by atoms with Crippen molar-refractivity contribution in [2.75, 3.05) is 55.8 Å². The van der Waals surface area contributed by atoms with Crippen LogP contribution in [0.15, 0.2) is 105 Å². The third kappa shape index (κ3) is 15.0. The molecule has 0 saturated heterocycles. The lowest BCUT2D eigenvalue weighted by Gasteiger charge is -2.23. The highest BCUT2D eigenvalue weighted by atomic mass is 16.5. The second kappa shape index (κ2) is 24.9. The number of carbonyl (C=O) groups excluding carboxylic acids is 1. The first kappa shape index (κ1) is 41.6. The van der Waals surface area contributed by atoms with Gasteiger partial charge in [0.05, 0.1) is 42.5 Å². The summed E-state index contributed by atoms with van der Waals surface area (Å²) in [5, 5.41) is 35.9. The number of benzene rings is 3. The Balaban J connectivity index is 0.00000389. The monoisotopic (exact) mass is 634 g/mol. The molecule has 0 spiro atoms. The van der Waals surface area contributed by atoms with Crippen LogP contribution < -0.4 is 9.80 Å². The molecule has 3 aromatic carbocycles. The fourth-order valence-corrected chi connectivity index (χ4v) is 3.90. The van der Waals surface area contributed by atoms with E-state index >= 15 is 0 Å². The van der Waals surface area contributed by atoms with E-state index in [-0.39, 0.29) is 27.2 Å². The minimum atomic E-state index is -0.430. The Morgan fingerprint density at radius 2 is 0.978 bits per heavy atom. The summed E-state index contributed by atoms with van der Waals surface area (Å²) < 4.78 is 5.17. The Bertz CT molecular complexity index is 1290. The first-order chi connectivity index (χ1) is 21.9. The van der Waals surface area contributed by atoms with Crippen molar-refractivity contribution in [1.82, 2.24) is 0 Å². The van der Waals surface area contributed by atoms with Crippen LogP contribution >= 0.6 is 0 Å². The molecular weight excluding hydrogens is 580 g/mol. The van der Waals surface area contributed by atoms with E-state index in [1.807, 2.05) is 105 Å². The normalized spacial score (nSPS) is 10.3. The lowest BCUT2D eigenvalue weighted by atomic mass is 10.2. The van der Waals surface area contributed by atoms with Gasteiger partial charge in [-0.15, -0.1) is 0 Å². The summed E-state index contributed by atoms with van der Waals surface area (Å²) in [6.45, 7) is 17.9. The van der Waals surface area contributed by atoms with Gasteiger partial charge in [0.15, 0.2) is 0 Å². The molecule has 0 fully saturated rings. The second-order valence-corrected chi connectivity index (χ2v) is 9.29. The highest BCUT2D eigenvalue weighted by Gasteiger charge is 2.09. The summed E-state index contributed by atoms with van der Waals surface area (Å²) in [6.07, 6.45) is 1.01. The summed E-state index contributed by atoms with van der Waals surface area (Å²) in [6, 6.07) is 22.5. The molecule has 0 aliphatic rings. The van der Waals surface area contributed by atoms with Crippen molar-refractivity contribution in [1.29, 1.82) is 0 Å². The lowest BCUT2D eigenvalue weighted by molar-refractivity contribution is -0.138. The molecule has 3 rings (SSSR count). The Morgan fingerprint density at radius 1 is 0.652 bits per heavy atom. The Kier molecular flexibility index (Phi) is 22.5. The van der Waals surface area contributed by atoms with Gasteiger partial charge in [-0.3, -0.25) is 0 Å². The zero-order valence-electron chi connectivity index (χ0n) is 27.7. The standard InChI is InChI=1S/C31H38N6O4.2C2H6.CH4/c1-4-17-36(18-21-38)29-13-9-27(10-14-29)34-32-25-5-7-26(8-6-25)33-35-28-11-15-30(16-12-28)37(19-22-39)20-23-41-31(40)24(2)3;2*1-2;/h5-16,38-39H,2,4,17-23H2,1,3H3;2*1-2H3;1H4. The van der Waals surface area contributed by atoms with Crippen molar-refractivity contribution < 1.29 is 19.7 Å². The number of nitrogens with zero attached hydrogens (tertiary/aromatic N) is 6. The molecule has 0 bridgehead atoms. The average molecular weight is 635 g/mol. The predicted octanol–water partition coefficient (Wildman–Crippen LogP) is 9.33. The molecule has 0 saturated carbocycles. The number of hydrogen-bond acceptors (Lipinski definition) is 10. The molecule has 0 radical (unpaired) electrons. The molecule has 46 heavy (non-hydrogen) atoms. The Hall–Kier alpha value is -4.41. The van der Waals surface area contributed by atoms with Gasteiger partial charge in [-0.2, -0.15) is 20.5 Å². The molecule has 2 N–H and O–H groups in total. The van der Waals surface area contributed by atoms with Crippen molar-refractivity contribution in [3.05, 3.63) is 84.9 Å². The van der Waals surface area contributed by atoms with Crippen LogP contribution in [0.1, 0.15) is 55.4 Å². The zero-order chi connectivity index (χ0) is 33.5. The number of ether oxygens (including phenoxy) is 1. The van der Waals surface area contributed by atoms with E-state index in [1.165, 1.54) is 0 Å². The number of carbonyl (C=O) groups is 1. The van der Waals surface area contributed by atoms with Gasteiger partial charge in [0.25, 0.3) is 0 Å². The maximum Gasteiger partial charge on any atom is 0.333 e. The molecule has 0 aromatic heterocycles. The largest absolute Gasteiger partial charge is 0.460 e. The number of esters is 1. The van der Waals surface area contributed by atoms with Crippen LogP contribution in [0.25, 0.3) is 0 Å².